The number of amides is 4. The highest BCUT2D eigenvalue weighted by Gasteiger charge is 2.30. The first-order chi connectivity index (χ1) is 15.0. The van der Waals surface area contributed by atoms with E-state index in [1.165, 1.54) is 7.11 Å². The molecule has 2 atom stereocenters. The fourth-order valence-corrected chi connectivity index (χ4v) is 3.06. The number of hydrazine groups is 1. The van der Waals surface area contributed by atoms with E-state index >= 15 is 0 Å². The predicted octanol–water partition coefficient (Wildman–Crippen LogP) is 1.20. The molecule has 2 aromatic rings. The van der Waals surface area contributed by atoms with Crippen LogP contribution >= 0.6 is 11.6 Å². The lowest BCUT2D eigenvalue weighted by atomic mass is 10.0. The van der Waals surface area contributed by atoms with Crippen LogP contribution in [0.2, 0.25) is 0 Å². The van der Waals surface area contributed by atoms with E-state index in [0.29, 0.717) is 21.7 Å². The average molecular weight is 470 g/mol. The number of benzene rings is 1. The van der Waals surface area contributed by atoms with E-state index in [0.717, 1.165) is 0 Å². The van der Waals surface area contributed by atoms with E-state index in [1.54, 1.807) is 38.1 Å². The van der Waals surface area contributed by atoms with Gasteiger partial charge in [-0.25, -0.2) is 9.40 Å². The molecular formula is C20H25ClFN5O5. The Bertz CT molecular complexity index is 1010. The van der Waals surface area contributed by atoms with Gasteiger partial charge < -0.3 is 20.8 Å². The summed E-state index contributed by atoms with van der Waals surface area (Å²) in [5.41, 5.74) is 5.68. The number of fused-ring (bicyclic) bond motifs is 1. The van der Waals surface area contributed by atoms with Crippen LogP contribution < -0.4 is 21.2 Å². The molecule has 10 nitrogen and oxygen atoms in total. The molecule has 0 saturated heterocycles. The molecule has 0 radical (unpaired) electrons. The van der Waals surface area contributed by atoms with Crippen molar-refractivity contribution in [3.63, 3.8) is 0 Å². The summed E-state index contributed by atoms with van der Waals surface area (Å²) in [6.45, 7) is 2.97. The molecule has 2 rings (SSSR count). The van der Waals surface area contributed by atoms with Gasteiger partial charge in [-0.3, -0.25) is 24.6 Å². The topological polar surface area (TPSA) is 147 Å². The van der Waals surface area contributed by atoms with E-state index in [2.05, 4.69) is 15.7 Å². The van der Waals surface area contributed by atoms with Gasteiger partial charge in [-0.1, -0.05) is 31.5 Å². The molecule has 174 valence electrons. The summed E-state index contributed by atoms with van der Waals surface area (Å²) in [7, 11) is 1.51. The number of carbonyl (C=O) groups is 4. The molecular weight excluding hydrogens is 445 g/mol. The lowest BCUT2D eigenvalue weighted by molar-refractivity contribution is -0.144. The minimum Gasteiger partial charge on any atom is -0.496 e. The molecule has 5 N–H and O–H groups in total. The summed E-state index contributed by atoms with van der Waals surface area (Å²) >= 11 is 5.18. The van der Waals surface area contributed by atoms with E-state index < -0.39 is 41.2 Å². The number of hydrogen-bond donors (Lipinski definition) is 4. The van der Waals surface area contributed by atoms with Crippen LogP contribution in [0.4, 0.5) is 4.39 Å². The largest absolute Gasteiger partial charge is 0.496 e. The molecule has 32 heavy (non-hydrogen) atoms. The third kappa shape index (κ3) is 6.10. The van der Waals surface area contributed by atoms with Crippen LogP contribution in [0.1, 0.15) is 30.8 Å². The fourth-order valence-electron chi connectivity index (χ4n) is 2.95. The summed E-state index contributed by atoms with van der Waals surface area (Å²) < 4.78 is 18.6. The van der Waals surface area contributed by atoms with Crippen molar-refractivity contribution in [2.75, 3.05) is 13.7 Å². The van der Waals surface area contributed by atoms with Crippen molar-refractivity contribution in [1.29, 1.82) is 0 Å². The van der Waals surface area contributed by atoms with Gasteiger partial charge in [0.1, 0.15) is 17.5 Å². The minimum absolute atomic E-state index is 0.189. The second-order valence-corrected chi connectivity index (χ2v) is 7.67. The summed E-state index contributed by atoms with van der Waals surface area (Å²) in [5.74, 6) is -3.22. The maximum absolute atomic E-state index is 13.3. The molecule has 4 amide bonds. The molecule has 0 spiro atoms. The second-order valence-electron chi connectivity index (χ2n) is 7.28. The average Bonchev–Trinajstić information content (AvgIpc) is 3.18. The normalized spacial score (nSPS) is 12.8. The molecule has 0 saturated carbocycles. The molecule has 0 aliphatic heterocycles. The fraction of sp³-hybridized carbons (Fsp3) is 0.400. The Morgan fingerprint density at radius 1 is 1.28 bits per heavy atom. The van der Waals surface area contributed by atoms with Crippen LogP contribution in [0.3, 0.4) is 0 Å². The Balaban J connectivity index is 2.19. The third-order valence-electron chi connectivity index (χ3n) is 4.60. The number of nitrogens with one attached hydrogen (secondary N) is 3. The van der Waals surface area contributed by atoms with Crippen molar-refractivity contribution < 1.29 is 28.3 Å². The van der Waals surface area contributed by atoms with Gasteiger partial charge in [-0.05, 0) is 24.1 Å². The van der Waals surface area contributed by atoms with E-state index in [-0.39, 0.29) is 18.7 Å². The summed E-state index contributed by atoms with van der Waals surface area (Å²) in [6, 6.07) is 5.77. The van der Waals surface area contributed by atoms with Gasteiger partial charge in [0, 0.05) is 17.3 Å². The molecule has 0 fully saturated rings. The van der Waals surface area contributed by atoms with Gasteiger partial charge in [-0.15, -0.1) is 0 Å². The Morgan fingerprint density at radius 3 is 2.53 bits per heavy atom. The molecule has 1 unspecified atom stereocenters. The highest BCUT2D eigenvalue weighted by molar-refractivity contribution is 6.29. The van der Waals surface area contributed by atoms with Crippen LogP contribution in [0.25, 0.3) is 10.9 Å². The summed E-state index contributed by atoms with van der Waals surface area (Å²) in [6.07, 6.45) is -0.328. The zero-order valence-corrected chi connectivity index (χ0v) is 18.5. The zero-order valence-electron chi connectivity index (χ0n) is 17.8. The first kappa shape index (κ1) is 24.9. The van der Waals surface area contributed by atoms with Gasteiger partial charge >= 0.3 is 0 Å². The van der Waals surface area contributed by atoms with Crippen molar-refractivity contribution in [2.45, 2.75) is 31.9 Å². The standard InChI is InChI=1S/C20H25ClFN5O5/c1-10(2)16(19(30)26-27(8-7-15(23)28)20(31)17(21)22)25-18(29)13-9-11-12(24-13)5-4-6-14(11)32-3/h4-6,9-10,16-17,24H,7-8H2,1-3H3,(H2,23,28)(H,25,29)(H,26,30)/t16-,17?/m0/s1. The molecule has 0 bridgehead atoms. The number of methoxy groups -OCH3 is 1. The molecule has 0 aliphatic carbocycles. The lowest BCUT2D eigenvalue weighted by Gasteiger charge is -2.27. The SMILES string of the molecule is COc1cccc2[nH]c(C(=O)N[C@H](C(=O)NN(CCC(N)=O)C(=O)C(F)Cl)C(C)C)cc12. The van der Waals surface area contributed by atoms with Crippen LogP contribution in [-0.2, 0) is 14.4 Å². The first-order valence-corrected chi connectivity index (χ1v) is 10.1. The number of nitrogens with two attached hydrogens (primary N) is 1. The highest BCUT2D eigenvalue weighted by atomic mass is 35.5. The van der Waals surface area contributed by atoms with E-state index in [9.17, 15) is 23.6 Å². The molecule has 0 aliphatic rings. The van der Waals surface area contributed by atoms with Crippen molar-refractivity contribution in [1.82, 2.24) is 20.7 Å². The Labute approximate surface area is 188 Å². The first-order valence-electron chi connectivity index (χ1n) is 9.70. The number of hydrogen-bond acceptors (Lipinski definition) is 5. The number of nitrogens with zero attached hydrogens (tertiary/aromatic N) is 1. The van der Waals surface area contributed by atoms with Gasteiger partial charge in [-0.2, -0.15) is 0 Å². The van der Waals surface area contributed by atoms with Crippen LogP contribution in [0.15, 0.2) is 24.3 Å². The maximum Gasteiger partial charge on any atom is 0.291 e. The monoisotopic (exact) mass is 469 g/mol. The van der Waals surface area contributed by atoms with Crippen LogP contribution in [0, 0.1) is 5.92 Å². The summed E-state index contributed by atoms with van der Waals surface area (Å²) in [4.78, 5) is 51.5. The Hall–Kier alpha value is -3.34. The number of aromatic nitrogens is 1. The van der Waals surface area contributed by atoms with E-state index in [1.807, 2.05) is 0 Å². The quantitative estimate of drug-likeness (QED) is 0.322. The lowest BCUT2D eigenvalue weighted by Crippen LogP contribution is -2.57. The number of aromatic amines is 1. The number of primary amides is 1. The number of alkyl halides is 2. The summed E-state index contributed by atoms with van der Waals surface area (Å²) in [5, 5.41) is 3.84. The molecule has 12 heteroatoms. The number of rotatable bonds is 9. The van der Waals surface area contributed by atoms with Crippen molar-refractivity contribution in [3.05, 3.63) is 30.0 Å². The molecule has 1 aromatic carbocycles. The number of ether oxygens (including phenoxy) is 1. The van der Waals surface area contributed by atoms with Gasteiger partial charge in [0.2, 0.25) is 5.91 Å². The number of carbonyl (C=O) groups excluding carboxylic acids is 4. The van der Waals surface area contributed by atoms with Crippen LogP contribution in [-0.4, -0.2) is 58.9 Å². The van der Waals surface area contributed by atoms with Gasteiger partial charge in [0.25, 0.3) is 23.4 Å². The highest BCUT2D eigenvalue weighted by Crippen LogP contribution is 2.26. The van der Waals surface area contributed by atoms with Crippen LogP contribution in [0.5, 0.6) is 5.75 Å². The van der Waals surface area contributed by atoms with Gasteiger partial charge in [0.15, 0.2) is 0 Å². The zero-order chi connectivity index (χ0) is 24.0. The Kier molecular flexibility index (Phi) is 8.41. The number of H-pyrrole nitrogens is 1. The minimum atomic E-state index is -2.43. The predicted molar refractivity (Wildman–Crippen MR) is 115 cm³/mol. The number of halogens is 2. The third-order valence-corrected chi connectivity index (χ3v) is 4.79. The van der Waals surface area contributed by atoms with E-state index in [4.69, 9.17) is 22.1 Å². The maximum atomic E-state index is 13.3. The second kappa shape index (κ2) is 10.8. The molecule has 1 aromatic heterocycles. The van der Waals surface area contributed by atoms with Crippen molar-refractivity contribution in [2.24, 2.45) is 11.7 Å². The Morgan fingerprint density at radius 2 is 1.97 bits per heavy atom. The molecule has 1 heterocycles. The van der Waals surface area contributed by atoms with Crippen molar-refractivity contribution in [3.8, 4) is 5.75 Å². The van der Waals surface area contributed by atoms with Crippen molar-refractivity contribution >= 4 is 46.1 Å². The van der Waals surface area contributed by atoms with Gasteiger partial charge in [0.05, 0.1) is 13.7 Å². The smallest absolute Gasteiger partial charge is 0.291 e.